The maximum absolute atomic E-state index is 5.24. The Balaban J connectivity index is 2.00. The molecule has 3 heteroatoms. The molecule has 16 heavy (non-hydrogen) atoms. The predicted octanol–water partition coefficient (Wildman–Crippen LogP) is 2.35. The van der Waals surface area contributed by atoms with Gasteiger partial charge in [-0.3, -0.25) is 0 Å². The van der Waals surface area contributed by atoms with Crippen LogP contribution in [-0.4, -0.2) is 20.3 Å². The van der Waals surface area contributed by atoms with Gasteiger partial charge in [0.25, 0.3) is 0 Å². The summed E-state index contributed by atoms with van der Waals surface area (Å²) in [6.07, 6.45) is 3.97. The minimum atomic E-state index is 0.706. The van der Waals surface area contributed by atoms with E-state index in [2.05, 4.69) is 5.32 Å². The summed E-state index contributed by atoms with van der Waals surface area (Å²) in [5, 5.41) is 3.53. The maximum atomic E-state index is 5.24. The Morgan fingerprint density at radius 3 is 2.19 bits per heavy atom. The van der Waals surface area contributed by atoms with E-state index in [9.17, 15) is 0 Å². The number of nitrogens with one attached hydrogen (secondary N) is 1. The third-order valence-corrected chi connectivity index (χ3v) is 3.11. The first-order valence-electron chi connectivity index (χ1n) is 5.77. The van der Waals surface area contributed by atoms with Gasteiger partial charge in [0.1, 0.15) is 11.5 Å². The summed E-state index contributed by atoms with van der Waals surface area (Å²) in [5.41, 5.74) is 1.21. The predicted molar refractivity (Wildman–Crippen MR) is 64.0 cm³/mol. The molecule has 0 spiro atoms. The molecule has 1 aliphatic carbocycles. The van der Waals surface area contributed by atoms with Crippen LogP contribution < -0.4 is 14.8 Å². The summed E-state index contributed by atoms with van der Waals surface area (Å²) in [4.78, 5) is 0. The van der Waals surface area contributed by atoms with Crippen molar-refractivity contribution in [3.05, 3.63) is 23.8 Å². The third-order valence-electron chi connectivity index (χ3n) is 3.11. The zero-order valence-corrected chi connectivity index (χ0v) is 9.95. The van der Waals surface area contributed by atoms with Crippen molar-refractivity contribution >= 4 is 0 Å². The van der Waals surface area contributed by atoms with Crippen molar-refractivity contribution in [2.75, 3.05) is 14.2 Å². The summed E-state index contributed by atoms with van der Waals surface area (Å²) in [5.74, 6) is 1.70. The minimum Gasteiger partial charge on any atom is -0.497 e. The molecule has 0 unspecified atom stereocenters. The summed E-state index contributed by atoms with van der Waals surface area (Å²) in [7, 11) is 3.36. The Morgan fingerprint density at radius 2 is 1.75 bits per heavy atom. The fourth-order valence-corrected chi connectivity index (χ4v) is 1.84. The van der Waals surface area contributed by atoms with E-state index in [1.807, 2.05) is 18.2 Å². The van der Waals surface area contributed by atoms with Gasteiger partial charge >= 0.3 is 0 Å². The molecule has 0 aliphatic heterocycles. The van der Waals surface area contributed by atoms with Gasteiger partial charge in [-0.1, -0.05) is 6.42 Å². The largest absolute Gasteiger partial charge is 0.497 e. The smallest absolute Gasteiger partial charge is 0.122 e. The monoisotopic (exact) mass is 221 g/mol. The maximum Gasteiger partial charge on any atom is 0.122 e. The highest BCUT2D eigenvalue weighted by Gasteiger charge is 2.16. The summed E-state index contributed by atoms with van der Waals surface area (Å²) >= 11 is 0. The zero-order chi connectivity index (χ0) is 11.4. The van der Waals surface area contributed by atoms with Crippen LogP contribution in [0.4, 0.5) is 0 Å². The first-order chi connectivity index (χ1) is 7.81. The molecule has 0 saturated heterocycles. The van der Waals surface area contributed by atoms with E-state index < -0.39 is 0 Å². The fraction of sp³-hybridized carbons (Fsp3) is 0.538. The van der Waals surface area contributed by atoms with Gasteiger partial charge in [0.2, 0.25) is 0 Å². The van der Waals surface area contributed by atoms with E-state index in [1.54, 1.807) is 14.2 Å². The quantitative estimate of drug-likeness (QED) is 0.828. The molecule has 0 aromatic heterocycles. The molecular weight excluding hydrogens is 202 g/mol. The standard InChI is InChI=1S/C13H19NO2/c1-15-12-6-10(7-13(8-12)16-2)9-14-11-4-3-5-11/h6-8,11,14H,3-5,9H2,1-2H3. The average molecular weight is 221 g/mol. The highest BCUT2D eigenvalue weighted by Crippen LogP contribution is 2.23. The van der Waals surface area contributed by atoms with Gasteiger partial charge in [-0.15, -0.1) is 0 Å². The number of hydrogen-bond acceptors (Lipinski definition) is 3. The van der Waals surface area contributed by atoms with Crippen LogP contribution in [0.25, 0.3) is 0 Å². The zero-order valence-electron chi connectivity index (χ0n) is 9.95. The lowest BCUT2D eigenvalue weighted by Gasteiger charge is -2.26. The Kier molecular flexibility index (Phi) is 3.67. The highest BCUT2D eigenvalue weighted by atomic mass is 16.5. The van der Waals surface area contributed by atoms with Crippen molar-refractivity contribution in [3.63, 3.8) is 0 Å². The molecule has 1 aliphatic rings. The molecule has 1 fully saturated rings. The second kappa shape index (κ2) is 5.21. The lowest BCUT2D eigenvalue weighted by molar-refractivity contribution is 0.337. The second-order valence-corrected chi connectivity index (χ2v) is 4.23. The molecule has 1 aromatic rings. The molecule has 3 nitrogen and oxygen atoms in total. The van der Waals surface area contributed by atoms with Gasteiger partial charge in [-0.25, -0.2) is 0 Å². The average Bonchev–Trinajstić information content (AvgIpc) is 2.26. The van der Waals surface area contributed by atoms with Crippen LogP contribution in [0.2, 0.25) is 0 Å². The Bertz CT molecular complexity index is 326. The summed E-state index contributed by atoms with van der Waals surface area (Å²) in [6.45, 7) is 0.887. The van der Waals surface area contributed by atoms with Crippen molar-refractivity contribution in [1.82, 2.24) is 5.32 Å². The number of rotatable bonds is 5. The fourth-order valence-electron chi connectivity index (χ4n) is 1.84. The Labute approximate surface area is 96.8 Å². The molecule has 1 N–H and O–H groups in total. The topological polar surface area (TPSA) is 30.5 Å². The Morgan fingerprint density at radius 1 is 1.12 bits per heavy atom. The van der Waals surface area contributed by atoms with E-state index in [4.69, 9.17) is 9.47 Å². The van der Waals surface area contributed by atoms with Crippen molar-refractivity contribution in [1.29, 1.82) is 0 Å². The van der Waals surface area contributed by atoms with E-state index in [-0.39, 0.29) is 0 Å². The molecule has 1 saturated carbocycles. The molecule has 0 atom stereocenters. The van der Waals surface area contributed by atoms with Crippen LogP contribution in [0.15, 0.2) is 18.2 Å². The molecule has 0 amide bonds. The molecule has 0 bridgehead atoms. The lowest BCUT2D eigenvalue weighted by Crippen LogP contribution is -2.34. The Hall–Kier alpha value is -1.22. The van der Waals surface area contributed by atoms with Crippen molar-refractivity contribution in [3.8, 4) is 11.5 Å². The molecule has 88 valence electrons. The van der Waals surface area contributed by atoms with Crippen molar-refractivity contribution in [2.24, 2.45) is 0 Å². The summed E-state index contributed by atoms with van der Waals surface area (Å²) in [6, 6.07) is 6.70. The van der Waals surface area contributed by atoms with Gasteiger partial charge in [0.15, 0.2) is 0 Å². The van der Waals surface area contributed by atoms with Crippen LogP contribution >= 0.6 is 0 Å². The van der Waals surface area contributed by atoms with Gasteiger partial charge in [-0.2, -0.15) is 0 Å². The van der Waals surface area contributed by atoms with Crippen LogP contribution in [0, 0.1) is 0 Å². The van der Waals surface area contributed by atoms with Crippen LogP contribution in [0.3, 0.4) is 0 Å². The number of benzene rings is 1. The number of ether oxygens (including phenoxy) is 2. The van der Waals surface area contributed by atoms with E-state index >= 15 is 0 Å². The SMILES string of the molecule is COc1cc(CNC2CCC2)cc(OC)c1. The van der Waals surface area contributed by atoms with E-state index in [0.29, 0.717) is 6.04 Å². The third kappa shape index (κ3) is 2.67. The van der Waals surface area contributed by atoms with E-state index in [1.165, 1.54) is 24.8 Å². The second-order valence-electron chi connectivity index (χ2n) is 4.23. The van der Waals surface area contributed by atoms with Gasteiger partial charge in [0, 0.05) is 18.7 Å². The van der Waals surface area contributed by atoms with Crippen molar-refractivity contribution < 1.29 is 9.47 Å². The normalized spacial score (nSPS) is 15.6. The minimum absolute atomic E-state index is 0.706. The first-order valence-corrected chi connectivity index (χ1v) is 5.77. The van der Waals surface area contributed by atoms with Crippen LogP contribution in [-0.2, 0) is 6.54 Å². The lowest BCUT2D eigenvalue weighted by atomic mass is 9.93. The van der Waals surface area contributed by atoms with Crippen LogP contribution in [0.1, 0.15) is 24.8 Å². The van der Waals surface area contributed by atoms with Gasteiger partial charge in [0.05, 0.1) is 14.2 Å². The molecule has 0 heterocycles. The van der Waals surface area contributed by atoms with E-state index in [0.717, 1.165) is 18.0 Å². The van der Waals surface area contributed by atoms with Gasteiger partial charge < -0.3 is 14.8 Å². The molecule has 1 aromatic carbocycles. The van der Waals surface area contributed by atoms with Crippen molar-refractivity contribution in [2.45, 2.75) is 31.8 Å². The first kappa shape index (κ1) is 11.3. The molecular formula is C13H19NO2. The number of hydrogen-bond donors (Lipinski definition) is 1. The summed E-state index contributed by atoms with van der Waals surface area (Å²) < 4.78 is 10.5. The highest BCUT2D eigenvalue weighted by molar-refractivity contribution is 5.38. The number of methoxy groups -OCH3 is 2. The van der Waals surface area contributed by atoms with Crippen LogP contribution in [0.5, 0.6) is 11.5 Å². The van der Waals surface area contributed by atoms with Gasteiger partial charge in [-0.05, 0) is 30.5 Å². The molecule has 2 rings (SSSR count). The molecule has 0 radical (unpaired) electrons.